The highest BCUT2D eigenvalue weighted by Gasteiger charge is 2.54. The second-order valence-corrected chi connectivity index (χ2v) is 8.17. The van der Waals surface area contributed by atoms with E-state index in [-0.39, 0.29) is 48.8 Å². The molecule has 0 radical (unpaired) electrons. The SMILES string of the molecule is O=C(c1ccncc1)N1CC(=O)N2[C@H](CO)[C@H](c3ccc(-c4ccccc4F)cc3)[C@@H]2C1. The van der Waals surface area contributed by atoms with Gasteiger partial charge < -0.3 is 14.9 Å². The number of carbonyl (C=O) groups excluding carboxylic acids is 2. The lowest BCUT2D eigenvalue weighted by Gasteiger charge is -2.58. The third-order valence-electron chi connectivity index (χ3n) is 6.45. The summed E-state index contributed by atoms with van der Waals surface area (Å²) in [6.07, 6.45) is 3.10. The van der Waals surface area contributed by atoms with E-state index in [4.69, 9.17) is 0 Å². The molecule has 0 spiro atoms. The smallest absolute Gasteiger partial charge is 0.254 e. The molecule has 162 valence electrons. The molecule has 0 unspecified atom stereocenters. The minimum atomic E-state index is -0.329. The summed E-state index contributed by atoms with van der Waals surface area (Å²) in [6, 6.07) is 16.9. The lowest BCUT2D eigenvalue weighted by atomic mass is 9.73. The first-order valence-electron chi connectivity index (χ1n) is 10.5. The fraction of sp³-hybridized carbons (Fsp3) is 0.240. The number of hydrogen-bond acceptors (Lipinski definition) is 4. The lowest BCUT2D eigenvalue weighted by molar-refractivity contribution is -0.159. The Kier molecular flexibility index (Phi) is 5.19. The number of fused-ring (bicyclic) bond motifs is 1. The van der Waals surface area contributed by atoms with Crippen LogP contribution in [0.1, 0.15) is 21.8 Å². The van der Waals surface area contributed by atoms with Crippen molar-refractivity contribution in [3.05, 3.63) is 90.0 Å². The van der Waals surface area contributed by atoms with Crippen LogP contribution in [0.3, 0.4) is 0 Å². The molecule has 3 atom stereocenters. The molecule has 2 aromatic carbocycles. The number of piperazine rings is 1. The Bertz CT molecular complexity index is 1150. The number of hydrogen-bond donors (Lipinski definition) is 1. The van der Waals surface area contributed by atoms with Gasteiger partial charge in [0.05, 0.1) is 18.7 Å². The topological polar surface area (TPSA) is 73.7 Å². The lowest BCUT2D eigenvalue weighted by Crippen LogP contribution is -2.73. The molecule has 2 fully saturated rings. The molecule has 3 heterocycles. The summed E-state index contributed by atoms with van der Waals surface area (Å²) < 4.78 is 14.1. The maximum Gasteiger partial charge on any atom is 0.254 e. The standard InChI is InChI=1S/C25H22FN3O3/c26-20-4-2-1-3-19(20)16-5-7-17(8-6-16)24-21-13-28(14-23(31)29(21)22(24)15-30)25(32)18-9-11-27-12-10-18/h1-12,21-22,24,30H,13-15H2/t21-,22+,24+/m0/s1. The zero-order chi connectivity index (χ0) is 22.2. The quantitative estimate of drug-likeness (QED) is 0.690. The molecule has 0 saturated carbocycles. The van der Waals surface area contributed by atoms with Crippen LogP contribution in [0.25, 0.3) is 11.1 Å². The van der Waals surface area contributed by atoms with Crippen LogP contribution in [0.2, 0.25) is 0 Å². The first kappa shape index (κ1) is 20.3. The first-order chi connectivity index (χ1) is 15.6. The molecular formula is C25H22FN3O3. The van der Waals surface area contributed by atoms with E-state index in [0.29, 0.717) is 17.7 Å². The summed E-state index contributed by atoms with van der Waals surface area (Å²) in [5, 5.41) is 9.97. The van der Waals surface area contributed by atoms with Gasteiger partial charge in [0, 0.05) is 36.0 Å². The molecular weight excluding hydrogens is 409 g/mol. The van der Waals surface area contributed by atoms with Crippen LogP contribution in [-0.2, 0) is 4.79 Å². The molecule has 5 rings (SSSR count). The van der Waals surface area contributed by atoms with Crippen molar-refractivity contribution in [1.29, 1.82) is 0 Å². The normalized spacial score (nSPS) is 22.3. The van der Waals surface area contributed by atoms with Gasteiger partial charge in [0.25, 0.3) is 5.91 Å². The average molecular weight is 431 g/mol. The number of benzene rings is 2. The van der Waals surface area contributed by atoms with E-state index >= 15 is 0 Å². The Morgan fingerprint density at radius 2 is 1.78 bits per heavy atom. The van der Waals surface area contributed by atoms with Crippen molar-refractivity contribution >= 4 is 11.8 Å². The molecule has 6 nitrogen and oxygen atoms in total. The Labute approximate surface area is 184 Å². The molecule has 0 aliphatic carbocycles. The zero-order valence-corrected chi connectivity index (χ0v) is 17.3. The summed E-state index contributed by atoms with van der Waals surface area (Å²) in [5.74, 6) is -0.762. The predicted molar refractivity (Wildman–Crippen MR) is 116 cm³/mol. The maximum absolute atomic E-state index is 14.1. The van der Waals surface area contributed by atoms with E-state index in [1.54, 1.807) is 52.5 Å². The minimum Gasteiger partial charge on any atom is -0.394 e. The van der Waals surface area contributed by atoms with Crippen LogP contribution in [-0.4, -0.2) is 63.5 Å². The third-order valence-corrected chi connectivity index (χ3v) is 6.45. The number of nitrogens with zero attached hydrogens (tertiary/aromatic N) is 3. The van der Waals surface area contributed by atoms with Gasteiger partial charge >= 0.3 is 0 Å². The second-order valence-electron chi connectivity index (χ2n) is 8.17. The molecule has 2 aliphatic rings. The number of halogens is 1. The van der Waals surface area contributed by atoms with Crippen LogP contribution in [0.4, 0.5) is 4.39 Å². The number of pyridine rings is 1. The molecule has 2 saturated heterocycles. The Morgan fingerprint density at radius 1 is 1.06 bits per heavy atom. The molecule has 2 amide bonds. The molecule has 0 bridgehead atoms. The van der Waals surface area contributed by atoms with Crippen LogP contribution in [0.5, 0.6) is 0 Å². The zero-order valence-electron chi connectivity index (χ0n) is 17.3. The number of aliphatic hydroxyl groups is 1. The van der Waals surface area contributed by atoms with E-state index in [0.717, 1.165) is 11.1 Å². The largest absolute Gasteiger partial charge is 0.394 e. The fourth-order valence-corrected chi connectivity index (χ4v) is 4.91. The van der Waals surface area contributed by atoms with Gasteiger partial charge in [-0.1, -0.05) is 42.5 Å². The minimum absolute atomic E-state index is 0.00685. The van der Waals surface area contributed by atoms with E-state index in [9.17, 15) is 19.1 Å². The van der Waals surface area contributed by atoms with Crippen LogP contribution in [0, 0.1) is 5.82 Å². The van der Waals surface area contributed by atoms with Gasteiger partial charge in [0.15, 0.2) is 0 Å². The highest BCUT2D eigenvalue weighted by atomic mass is 19.1. The van der Waals surface area contributed by atoms with Crippen LogP contribution in [0.15, 0.2) is 73.1 Å². The maximum atomic E-state index is 14.1. The van der Waals surface area contributed by atoms with Crippen LogP contribution < -0.4 is 0 Å². The van der Waals surface area contributed by atoms with E-state index < -0.39 is 0 Å². The Balaban J connectivity index is 1.40. The summed E-state index contributed by atoms with van der Waals surface area (Å²) in [4.78, 5) is 32.9. The third kappa shape index (κ3) is 3.35. The second kappa shape index (κ2) is 8.16. The summed E-state index contributed by atoms with van der Waals surface area (Å²) in [6.45, 7) is 0.233. The van der Waals surface area contributed by atoms with Gasteiger partial charge in [-0.15, -0.1) is 0 Å². The molecule has 2 aliphatic heterocycles. The molecule has 7 heteroatoms. The number of aromatic nitrogens is 1. The van der Waals surface area contributed by atoms with Crippen molar-refractivity contribution in [2.24, 2.45) is 0 Å². The van der Waals surface area contributed by atoms with Gasteiger partial charge in [-0.25, -0.2) is 4.39 Å². The monoisotopic (exact) mass is 431 g/mol. The first-order valence-corrected chi connectivity index (χ1v) is 10.5. The number of aliphatic hydroxyl groups excluding tert-OH is 1. The van der Waals surface area contributed by atoms with Gasteiger partial charge in [-0.2, -0.15) is 0 Å². The van der Waals surface area contributed by atoms with Crippen molar-refractivity contribution < 1.29 is 19.1 Å². The van der Waals surface area contributed by atoms with Crippen molar-refractivity contribution in [2.45, 2.75) is 18.0 Å². The summed E-state index contributed by atoms with van der Waals surface area (Å²) in [7, 11) is 0. The molecule has 32 heavy (non-hydrogen) atoms. The van der Waals surface area contributed by atoms with Gasteiger partial charge in [-0.05, 0) is 29.3 Å². The van der Waals surface area contributed by atoms with Crippen molar-refractivity contribution in [1.82, 2.24) is 14.8 Å². The molecule has 1 aromatic heterocycles. The summed E-state index contributed by atoms with van der Waals surface area (Å²) >= 11 is 0. The predicted octanol–water partition coefficient (Wildman–Crippen LogP) is 2.70. The molecule has 1 N–H and O–H groups in total. The Morgan fingerprint density at radius 3 is 2.47 bits per heavy atom. The van der Waals surface area contributed by atoms with Crippen molar-refractivity contribution in [3.63, 3.8) is 0 Å². The highest BCUT2D eigenvalue weighted by molar-refractivity contribution is 5.97. The van der Waals surface area contributed by atoms with Gasteiger partial charge in [-0.3, -0.25) is 14.6 Å². The highest BCUT2D eigenvalue weighted by Crippen LogP contribution is 2.43. The van der Waals surface area contributed by atoms with E-state index in [1.165, 1.54) is 6.07 Å². The number of carbonyl (C=O) groups is 2. The molecule has 3 aromatic rings. The summed E-state index contributed by atoms with van der Waals surface area (Å²) in [5.41, 5.74) is 2.73. The Hall–Kier alpha value is -3.58. The fourth-order valence-electron chi connectivity index (χ4n) is 4.91. The van der Waals surface area contributed by atoms with Crippen molar-refractivity contribution in [3.8, 4) is 11.1 Å². The van der Waals surface area contributed by atoms with E-state index in [1.807, 2.05) is 24.3 Å². The van der Waals surface area contributed by atoms with Gasteiger partial charge in [0.2, 0.25) is 5.91 Å². The number of amides is 2. The average Bonchev–Trinajstić information content (AvgIpc) is 2.81. The van der Waals surface area contributed by atoms with Gasteiger partial charge in [0.1, 0.15) is 12.4 Å². The van der Waals surface area contributed by atoms with Crippen LogP contribution >= 0.6 is 0 Å². The number of rotatable bonds is 4. The van der Waals surface area contributed by atoms with E-state index in [2.05, 4.69) is 4.98 Å². The van der Waals surface area contributed by atoms with Crippen molar-refractivity contribution in [2.75, 3.05) is 19.7 Å².